The molecule has 1 amide bonds. The van der Waals surface area contributed by atoms with E-state index in [2.05, 4.69) is 21.2 Å². The second-order valence-electron chi connectivity index (χ2n) is 5.33. The Labute approximate surface area is 160 Å². The summed E-state index contributed by atoms with van der Waals surface area (Å²) in [5.41, 5.74) is 2.98. The van der Waals surface area contributed by atoms with Gasteiger partial charge in [-0.2, -0.15) is 0 Å². The molecular formula is C19H20BrNO3S. The highest BCUT2D eigenvalue weighted by atomic mass is 79.9. The lowest BCUT2D eigenvalue weighted by atomic mass is 10.1. The molecule has 0 fully saturated rings. The SMILES string of the molecule is CCOC(=O)c1cccc(NC(=O)CSCc2ccccc2Br)c1C. The maximum atomic E-state index is 12.2. The van der Waals surface area contributed by atoms with Crippen molar-refractivity contribution in [1.82, 2.24) is 0 Å². The Bertz CT molecular complexity index is 764. The molecule has 25 heavy (non-hydrogen) atoms. The van der Waals surface area contributed by atoms with E-state index < -0.39 is 0 Å². The topological polar surface area (TPSA) is 55.4 Å². The number of hydrogen-bond acceptors (Lipinski definition) is 4. The van der Waals surface area contributed by atoms with Crippen LogP contribution in [-0.4, -0.2) is 24.2 Å². The van der Waals surface area contributed by atoms with E-state index >= 15 is 0 Å². The van der Waals surface area contributed by atoms with Crippen LogP contribution < -0.4 is 5.32 Å². The predicted octanol–water partition coefficient (Wildman–Crippen LogP) is 4.81. The quantitative estimate of drug-likeness (QED) is 0.651. The van der Waals surface area contributed by atoms with E-state index in [9.17, 15) is 9.59 Å². The Balaban J connectivity index is 1.93. The van der Waals surface area contributed by atoms with Crippen molar-refractivity contribution in [2.75, 3.05) is 17.7 Å². The van der Waals surface area contributed by atoms with Gasteiger partial charge in [-0.1, -0.05) is 40.2 Å². The van der Waals surface area contributed by atoms with Crippen molar-refractivity contribution in [3.8, 4) is 0 Å². The average molecular weight is 422 g/mol. The lowest BCUT2D eigenvalue weighted by Gasteiger charge is -2.12. The molecule has 0 aromatic heterocycles. The maximum absolute atomic E-state index is 12.2. The van der Waals surface area contributed by atoms with Crippen LogP contribution in [0.1, 0.15) is 28.4 Å². The molecule has 0 bridgehead atoms. The fraction of sp³-hybridized carbons (Fsp3) is 0.263. The lowest BCUT2D eigenvalue weighted by Crippen LogP contribution is -2.16. The molecule has 2 aromatic rings. The normalized spacial score (nSPS) is 10.4. The van der Waals surface area contributed by atoms with E-state index in [4.69, 9.17) is 4.74 Å². The van der Waals surface area contributed by atoms with Crippen LogP contribution in [0.3, 0.4) is 0 Å². The van der Waals surface area contributed by atoms with Gasteiger partial charge in [-0.25, -0.2) is 4.79 Å². The summed E-state index contributed by atoms with van der Waals surface area (Å²) < 4.78 is 6.08. The Morgan fingerprint density at radius 2 is 1.92 bits per heavy atom. The lowest BCUT2D eigenvalue weighted by molar-refractivity contribution is -0.113. The molecule has 0 aliphatic rings. The van der Waals surface area contributed by atoms with Gasteiger partial charge in [0.1, 0.15) is 0 Å². The van der Waals surface area contributed by atoms with E-state index in [1.54, 1.807) is 32.0 Å². The molecule has 0 saturated heterocycles. The summed E-state index contributed by atoms with van der Waals surface area (Å²) in [7, 11) is 0. The molecule has 2 rings (SSSR count). The zero-order valence-corrected chi connectivity index (χ0v) is 16.6. The number of hydrogen-bond donors (Lipinski definition) is 1. The van der Waals surface area contributed by atoms with Gasteiger partial charge in [-0.3, -0.25) is 4.79 Å². The highest BCUT2D eigenvalue weighted by Crippen LogP contribution is 2.23. The Kier molecular flexibility index (Phi) is 7.52. The number of carbonyl (C=O) groups is 2. The van der Waals surface area contributed by atoms with E-state index in [1.807, 2.05) is 24.3 Å². The summed E-state index contributed by atoms with van der Waals surface area (Å²) in [6.07, 6.45) is 0. The fourth-order valence-corrected chi connectivity index (χ4v) is 3.70. The molecule has 6 heteroatoms. The van der Waals surface area contributed by atoms with Gasteiger partial charge in [0.05, 0.1) is 17.9 Å². The number of carbonyl (C=O) groups excluding carboxylic acids is 2. The Morgan fingerprint density at radius 1 is 1.16 bits per heavy atom. The highest BCUT2D eigenvalue weighted by Gasteiger charge is 2.14. The monoisotopic (exact) mass is 421 g/mol. The first-order chi connectivity index (χ1) is 12.0. The van der Waals surface area contributed by atoms with Crippen molar-refractivity contribution in [2.45, 2.75) is 19.6 Å². The molecule has 0 spiro atoms. The third kappa shape index (κ3) is 5.61. The van der Waals surface area contributed by atoms with Crippen molar-refractivity contribution in [1.29, 1.82) is 0 Å². The van der Waals surface area contributed by atoms with Crippen molar-refractivity contribution in [3.63, 3.8) is 0 Å². The molecule has 0 radical (unpaired) electrons. The average Bonchev–Trinajstić information content (AvgIpc) is 2.58. The second kappa shape index (κ2) is 9.63. The van der Waals surface area contributed by atoms with E-state index in [0.717, 1.165) is 15.8 Å². The van der Waals surface area contributed by atoms with Gasteiger partial charge < -0.3 is 10.1 Å². The predicted molar refractivity (Wildman–Crippen MR) is 106 cm³/mol. The first-order valence-corrected chi connectivity index (χ1v) is 9.85. The number of rotatable bonds is 7. The first-order valence-electron chi connectivity index (χ1n) is 7.90. The summed E-state index contributed by atoms with van der Waals surface area (Å²) >= 11 is 5.04. The van der Waals surface area contributed by atoms with Gasteiger partial charge in [-0.15, -0.1) is 11.8 Å². The van der Waals surface area contributed by atoms with Crippen LogP contribution in [0.5, 0.6) is 0 Å². The molecule has 2 aromatic carbocycles. The third-order valence-corrected chi connectivity index (χ3v) is 5.31. The minimum Gasteiger partial charge on any atom is -0.462 e. The number of halogens is 1. The van der Waals surface area contributed by atoms with Crippen LogP contribution in [0.2, 0.25) is 0 Å². The minimum atomic E-state index is -0.376. The molecule has 1 N–H and O–H groups in total. The number of thioether (sulfide) groups is 1. The highest BCUT2D eigenvalue weighted by molar-refractivity contribution is 9.10. The van der Waals surface area contributed by atoms with Crippen LogP contribution in [-0.2, 0) is 15.3 Å². The zero-order valence-electron chi connectivity index (χ0n) is 14.2. The van der Waals surface area contributed by atoms with Crippen LogP contribution in [0.25, 0.3) is 0 Å². The number of benzene rings is 2. The molecule has 0 heterocycles. The Hall–Kier alpha value is -1.79. The minimum absolute atomic E-state index is 0.0961. The molecule has 0 aliphatic heterocycles. The van der Waals surface area contributed by atoms with Crippen molar-refractivity contribution < 1.29 is 14.3 Å². The Morgan fingerprint density at radius 3 is 2.64 bits per heavy atom. The molecule has 0 aliphatic carbocycles. The van der Waals surface area contributed by atoms with Crippen molar-refractivity contribution >= 4 is 45.3 Å². The number of esters is 1. The standard InChI is InChI=1S/C19H20BrNO3S/c1-3-24-19(23)15-8-6-10-17(13(15)2)21-18(22)12-25-11-14-7-4-5-9-16(14)20/h4-10H,3,11-12H2,1-2H3,(H,21,22). The zero-order chi connectivity index (χ0) is 18.2. The molecular weight excluding hydrogens is 402 g/mol. The number of nitrogens with one attached hydrogen (secondary N) is 1. The van der Waals surface area contributed by atoms with E-state index in [-0.39, 0.29) is 11.9 Å². The van der Waals surface area contributed by atoms with Crippen LogP contribution in [0.15, 0.2) is 46.9 Å². The first kappa shape index (κ1) is 19.5. The van der Waals surface area contributed by atoms with Crippen molar-refractivity contribution in [3.05, 3.63) is 63.6 Å². The summed E-state index contributed by atoms with van der Waals surface area (Å²) in [5.74, 6) is 0.613. The third-order valence-electron chi connectivity index (χ3n) is 3.55. The molecule has 0 saturated carbocycles. The van der Waals surface area contributed by atoms with E-state index in [0.29, 0.717) is 29.2 Å². The summed E-state index contributed by atoms with van der Waals surface area (Å²) in [6, 6.07) is 13.2. The van der Waals surface area contributed by atoms with Gasteiger partial charge in [0.15, 0.2) is 0 Å². The number of amides is 1. The summed E-state index contributed by atoms with van der Waals surface area (Å²) in [5, 5.41) is 2.87. The molecule has 132 valence electrons. The van der Waals surface area contributed by atoms with Gasteiger partial charge in [0, 0.05) is 15.9 Å². The fourth-order valence-electron chi connectivity index (χ4n) is 2.26. The van der Waals surface area contributed by atoms with Crippen LogP contribution in [0.4, 0.5) is 5.69 Å². The van der Waals surface area contributed by atoms with Gasteiger partial charge in [-0.05, 0) is 43.2 Å². The molecule has 0 unspecified atom stereocenters. The largest absolute Gasteiger partial charge is 0.462 e. The van der Waals surface area contributed by atoms with Crippen LogP contribution >= 0.6 is 27.7 Å². The van der Waals surface area contributed by atoms with Gasteiger partial charge >= 0.3 is 5.97 Å². The number of anilines is 1. The second-order valence-corrected chi connectivity index (χ2v) is 7.17. The maximum Gasteiger partial charge on any atom is 0.338 e. The molecule has 0 atom stereocenters. The van der Waals surface area contributed by atoms with Gasteiger partial charge in [0.25, 0.3) is 0 Å². The number of ether oxygens (including phenoxy) is 1. The van der Waals surface area contributed by atoms with Gasteiger partial charge in [0.2, 0.25) is 5.91 Å². The van der Waals surface area contributed by atoms with Crippen molar-refractivity contribution in [2.24, 2.45) is 0 Å². The summed E-state index contributed by atoms with van der Waals surface area (Å²) in [4.78, 5) is 24.1. The molecule has 4 nitrogen and oxygen atoms in total. The summed E-state index contributed by atoms with van der Waals surface area (Å²) in [6.45, 7) is 3.89. The smallest absolute Gasteiger partial charge is 0.338 e. The van der Waals surface area contributed by atoms with Crippen LogP contribution in [0, 0.1) is 6.92 Å². The van der Waals surface area contributed by atoms with E-state index in [1.165, 1.54) is 11.8 Å².